The lowest BCUT2D eigenvalue weighted by Crippen LogP contribution is -2.44. The molecule has 1 unspecified atom stereocenters. The number of nitrogens with two attached hydrogens (primary N) is 1. The van der Waals surface area contributed by atoms with E-state index in [4.69, 9.17) is 22.5 Å². The Hall–Kier alpha value is -1.75. The van der Waals surface area contributed by atoms with Crippen LogP contribution in [-0.4, -0.2) is 34.4 Å². The maximum atomic E-state index is 12.2. The molecule has 3 N–H and O–H groups in total. The summed E-state index contributed by atoms with van der Waals surface area (Å²) in [4.78, 5) is 13.9. The van der Waals surface area contributed by atoms with Gasteiger partial charge in [0.1, 0.15) is 0 Å². The summed E-state index contributed by atoms with van der Waals surface area (Å²) in [6.07, 6.45) is 1.90. The van der Waals surface area contributed by atoms with Crippen LogP contribution in [0.4, 0.5) is 0 Å². The van der Waals surface area contributed by atoms with Crippen LogP contribution >= 0.6 is 11.6 Å². The fourth-order valence-electron chi connectivity index (χ4n) is 2.32. The van der Waals surface area contributed by atoms with Gasteiger partial charge in [-0.1, -0.05) is 28.9 Å². The largest absolute Gasteiger partial charge is 0.409 e. The van der Waals surface area contributed by atoms with Crippen molar-refractivity contribution in [1.29, 1.82) is 0 Å². The zero-order valence-corrected chi connectivity index (χ0v) is 11.2. The Balaban J connectivity index is 2.05. The second kappa shape index (κ2) is 5.93. The SMILES string of the molecule is NC(=NO)C1CCCN1C(=O)Cc1ccc(Cl)cc1. The van der Waals surface area contributed by atoms with Gasteiger partial charge in [0.05, 0.1) is 12.5 Å². The first-order valence-corrected chi connectivity index (χ1v) is 6.51. The van der Waals surface area contributed by atoms with Crippen molar-refractivity contribution in [3.8, 4) is 0 Å². The van der Waals surface area contributed by atoms with Gasteiger partial charge in [-0.15, -0.1) is 0 Å². The minimum atomic E-state index is -0.287. The highest BCUT2D eigenvalue weighted by Gasteiger charge is 2.31. The Morgan fingerprint density at radius 3 is 2.79 bits per heavy atom. The molecule has 1 amide bonds. The second-order valence-electron chi connectivity index (χ2n) is 4.57. The van der Waals surface area contributed by atoms with Crippen LogP contribution in [-0.2, 0) is 11.2 Å². The molecule has 1 fully saturated rings. The average molecular weight is 282 g/mol. The number of amides is 1. The van der Waals surface area contributed by atoms with Crippen LogP contribution in [0.1, 0.15) is 18.4 Å². The van der Waals surface area contributed by atoms with Crippen molar-refractivity contribution in [2.24, 2.45) is 10.9 Å². The molecule has 1 atom stereocenters. The Bertz CT molecular complexity index is 487. The van der Waals surface area contributed by atoms with Gasteiger partial charge in [0.15, 0.2) is 5.84 Å². The Labute approximate surface area is 116 Å². The van der Waals surface area contributed by atoms with Gasteiger partial charge >= 0.3 is 0 Å². The number of nitrogens with zero attached hydrogens (tertiary/aromatic N) is 2. The summed E-state index contributed by atoms with van der Waals surface area (Å²) < 4.78 is 0. The van der Waals surface area contributed by atoms with Crippen LogP contribution in [0, 0.1) is 0 Å². The molecule has 102 valence electrons. The Morgan fingerprint density at radius 1 is 1.47 bits per heavy atom. The van der Waals surface area contributed by atoms with Gasteiger partial charge < -0.3 is 15.8 Å². The molecule has 0 radical (unpaired) electrons. The van der Waals surface area contributed by atoms with E-state index < -0.39 is 0 Å². The number of likely N-dealkylation sites (tertiary alicyclic amines) is 1. The highest BCUT2D eigenvalue weighted by molar-refractivity contribution is 6.30. The first kappa shape index (κ1) is 13.7. The Kier molecular flexibility index (Phi) is 4.27. The summed E-state index contributed by atoms with van der Waals surface area (Å²) in [5.74, 6) is 0.0818. The zero-order chi connectivity index (χ0) is 13.8. The number of oxime groups is 1. The number of rotatable bonds is 3. The molecule has 1 aliphatic rings. The van der Waals surface area contributed by atoms with Crippen molar-refractivity contribution >= 4 is 23.3 Å². The molecule has 0 aromatic heterocycles. The summed E-state index contributed by atoms with van der Waals surface area (Å²) in [5.41, 5.74) is 6.51. The lowest BCUT2D eigenvalue weighted by Gasteiger charge is -2.23. The highest BCUT2D eigenvalue weighted by Crippen LogP contribution is 2.19. The summed E-state index contributed by atoms with van der Waals surface area (Å²) in [6.45, 7) is 0.646. The normalized spacial score (nSPS) is 19.7. The van der Waals surface area contributed by atoms with Crippen molar-refractivity contribution in [3.63, 3.8) is 0 Å². The van der Waals surface area contributed by atoms with E-state index in [2.05, 4.69) is 5.16 Å². The van der Waals surface area contributed by atoms with Gasteiger partial charge in [-0.3, -0.25) is 4.79 Å². The van der Waals surface area contributed by atoms with Gasteiger partial charge in [-0.05, 0) is 30.5 Å². The molecular weight excluding hydrogens is 266 g/mol. The summed E-state index contributed by atoms with van der Waals surface area (Å²) >= 11 is 5.80. The number of carbonyl (C=O) groups excluding carboxylic acids is 1. The molecule has 0 aliphatic carbocycles. The van der Waals surface area contributed by atoms with E-state index in [0.29, 0.717) is 18.0 Å². The van der Waals surface area contributed by atoms with Crippen LogP contribution in [0.15, 0.2) is 29.4 Å². The molecule has 0 spiro atoms. The molecule has 1 aromatic carbocycles. The first-order valence-electron chi connectivity index (χ1n) is 6.13. The van der Waals surface area contributed by atoms with E-state index in [1.807, 2.05) is 12.1 Å². The predicted octanol–water partition coefficient (Wildman–Crippen LogP) is 1.62. The van der Waals surface area contributed by atoms with Gasteiger partial charge in [0.25, 0.3) is 0 Å². The third-order valence-corrected chi connectivity index (χ3v) is 3.55. The maximum absolute atomic E-state index is 12.2. The topological polar surface area (TPSA) is 78.9 Å². The maximum Gasteiger partial charge on any atom is 0.227 e. The van der Waals surface area contributed by atoms with Crippen molar-refractivity contribution in [3.05, 3.63) is 34.9 Å². The highest BCUT2D eigenvalue weighted by atomic mass is 35.5. The smallest absolute Gasteiger partial charge is 0.227 e. The summed E-state index contributed by atoms with van der Waals surface area (Å²) in [6, 6.07) is 6.89. The molecule has 1 aliphatic heterocycles. The minimum absolute atomic E-state index is 0.0172. The van der Waals surface area contributed by atoms with Crippen molar-refractivity contribution in [1.82, 2.24) is 4.90 Å². The molecule has 0 bridgehead atoms. The van der Waals surface area contributed by atoms with Gasteiger partial charge in [-0.25, -0.2) is 0 Å². The van der Waals surface area contributed by atoms with Crippen LogP contribution in [0.25, 0.3) is 0 Å². The predicted molar refractivity (Wildman–Crippen MR) is 73.3 cm³/mol. The fourth-order valence-corrected chi connectivity index (χ4v) is 2.44. The van der Waals surface area contributed by atoms with E-state index >= 15 is 0 Å². The van der Waals surface area contributed by atoms with Gasteiger partial charge in [0.2, 0.25) is 5.91 Å². The van der Waals surface area contributed by atoms with Crippen LogP contribution in [0.3, 0.4) is 0 Å². The van der Waals surface area contributed by atoms with Crippen molar-refractivity contribution < 1.29 is 10.0 Å². The zero-order valence-electron chi connectivity index (χ0n) is 10.4. The van der Waals surface area contributed by atoms with Crippen LogP contribution < -0.4 is 5.73 Å². The molecule has 2 rings (SSSR count). The second-order valence-corrected chi connectivity index (χ2v) is 5.01. The van der Waals surface area contributed by atoms with E-state index in [0.717, 1.165) is 18.4 Å². The summed E-state index contributed by atoms with van der Waals surface area (Å²) in [5, 5.41) is 12.4. The van der Waals surface area contributed by atoms with E-state index in [-0.39, 0.29) is 17.8 Å². The standard InChI is InChI=1S/C13H16ClN3O2/c14-10-5-3-9(4-6-10)8-12(18)17-7-1-2-11(17)13(15)16-19/h3-6,11,19H,1-2,7-8H2,(H2,15,16). The lowest BCUT2D eigenvalue weighted by molar-refractivity contribution is -0.130. The van der Waals surface area contributed by atoms with E-state index in [9.17, 15) is 4.79 Å². The number of carbonyl (C=O) groups is 1. The number of benzene rings is 1. The van der Waals surface area contributed by atoms with Gasteiger partial charge in [0, 0.05) is 11.6 Å². The molecule has 1 aromatic rings. The third-order valence-electron chi connectivity index (χ3n) is 3.30. The van der Waals surface area contributed by atoms with E-state index in [1.54, 1.807) is 17.0 Å². The van der Waals surface area contributed by atoms with E-state index in [1.165, 1.54) is 0 Å². The number of halogens is 1. The number of hydrogen-bond donors (Lipinski definition) is 2. The monoisotopic (exact) mass is 281 g/mol. The van der Waals surface area contributed by atoms with Crippen molar-refractivity contribution in [2.75, 3.05) is 6.54 Å². The van der Waals surface area contributed by atoms with Gasteiger partial charge in [-0.2, -0.15) is 0 Å². The van der Waals surface area contributed by atoms with Crippen LogP contribution in [0.2, 0.25) is 5.02 Å². The van der Waals surface area contributed by atoms with Crippen LogP contribution in [0.5, 0.6) is 0 Å². The molecule has 1 heterocycles. The average Bonchev–Trinajstić information content (AvgIpc) is 2.90. The molecule has 6 heteroatoms. The quantitative estimate of drug-likeness (QED) is 0.382. The minimum Gasteiger partial charge on any atom is -0.409 e. The molecule has 0 saturated carbocycles. The molecule has 19 heavy (non-hydrogen) atoms. The lowest BCUT2D eigenvalue weighted by atomic mass is 10.1. The number of hydrogen-bond acceptors (Lipinski definition) is 3. The summed E-state index contributed by atoms with van der Waals surface area (Å²) in [7, 11) is 0. The fraction of sp³-hybridized carbons (Fsp3) is 0.385. The first-order chi connectivity index (χ1) is 9.11. The van der Waals surface area contributed by atoms with Crippen molar-refractivity contribution in [2.45, 2.75) is 25.3 Å². The Morgan fingerprint density at radius 2 is 2.16 bits per heavy atom. The number of amidine groups is 1. The third kappa shape index (κ3) is 3.17. The molecule has 5 nitrogen and oxygen atoms in total. The molecular formula is C13H16ClN3O2. The molecule has 1 saturated heterocycles.